The number of guanidine groups is 1. The molecule has 0 amide bonds. The average Bonchev–Trinajstić information content (AvgIpc) is 3.24. The van der Waals surface area contributed by atoms with Crippen molar-refractivity contribution >= 4 is 29.9 Å². The minimum Gasteiger partial charge on any atom is -0.469 e. The van der Waals surface area contributed by atoms with E-state index in [4.69, 9.17) is 9.15 Å². The maximum absolute atomic E-state index is 5.65. The van der Waals surface area contributed by atoms with Crippen molar-refractivity contribution in [3.8, 4) is 0 Å². The molecule has 2 rings (SSSR count). The predicted octanol–water partition coefficient (Wildman–Crippen LogP) is 3.59. The number of rotatable bonds is 12. The smallest absolute Gasteiger partial charge is 0.191 e. The summed E-state index contributed by atoms with van der Waals surface area (Å²) < 4.78 is 11.0. The zero-order valence-corrected chi connectivity index (χ0v) is 17.1. The number of hydrogen-bond acceptors (Lipinski definition) is 3. The van der Waals surface area contributed by atoms with Crippen molar-refractivity contribution in [1.29, 1.82) is 0 Å². The van der Waals surface area contributed by atoms with Gasteiger partial charge in [-0.05, 0) is 43.7 Å². The molecule has 0 aliphatic heterocycles. The molecule has 0 bridgehead atoms. The van der Waals surface area contributed by atoms with E-state index >= 15 is 0 Å². The third-order valence-corrected chi connectivity index (χ3v) is 3.83. The molecule has 1 aliphatic carbocycles. The fraction of sp³-hybridized carbons (Fsp3) is 0.722. The fourth-order valence-corrected chi connectivity index (χ4v) is 2.21. The van der Waals surface area contributed by atoms with Crippen LogP contribution >= 0.6 is 24.0 Å². The van der Waals surface area contributed by atoms with Gasteiger partial charge in [-0.1, -0.05) is 13.3 Å². The summed E-state index contributed by atoms with van der Waals surface area (Å²) in [6.45, 7) is 6.53. The molecule has 1 aliphatic rings. The second kappa shape index (κ2) is 13.5. The Labute approximate surface area is 163 Å². The van der Waals surface area contributed by atoms with Gasteiger partial charge < -0.3 is 19.8 Å². The molecule has 6 heteroatoms. The van der Waals surface area contributed by atoms with Crippen LogP contribution in [-0.2, 0) is 11.2 Å². The molecule has 1 aromatic rings. The van der Waals surface area contributed by atoms with Crippen LogP contribution in [0.4, 0.5) is 0 Å². The number of nitrogens with zero attached hydrogens (tertiary/aromatic N) is 1. The predicted molar refractivity (Wildman–Crippen MR) is 109 cm³/mol. The molecule has 2 N–H and O–H groups in total. The monoisotopic (exact) mass is 449 g/mol. The normalized spacial score (nSPS) is 14.3. The Morgan fingerprint density at radius 1 is 1.29 bits per heavy atom. The summed E-state index contributed by atoms with van der Waals surface area (Å²) in [6, 6.07) is 3.92. The lowest BCUT2D eigenvalue weighted by molar-refractivity contribution is 0.123. The van der Waals surface area contributed by atoms with Crippen molar-refractivity contribution in [2.75, 3.05) is 32.8 Å². The Morgan fingerprint density at radius 2 is 2.12 bits per heavy atom. The summed E-state index contributed by atoms with van der Waals surface area (Å²) in [7, 11) is 0. The largest absolute Gasteiger partial charge is 0.469 e. The van der Waals surface area contributed by atoms with E-state index in [0.717, 1.165) is 69.7 Å². The molecule has 138 valence electrons. The SMILES string of the molecule is CCCCNC(=NCCCOCC1CC1)NCCc1ccco1.I. The minimum atomic E-state index is 0. The molecular formula is C18H32IN3O2. The molecule has 1 fully saturated rings. The van der Waals surface area contributed by atoms with Gasteiger partial charge in [0.2, 0.25) is 0 Å². The Balaban J connectivity index is 0.00000288. The topological polar surface area (TPSA) is 58.8 Å². The number of halogens is 1. The van der Waals surface area contributed by atoms with Crippen LogP contribution in [-0.4, -0.2) is 38.8 Å². The Morgan fingerprint density at radius 3 is 2.83 bits per heavy atom. The number of unbranched alkanes of at least 4 members (excludes halogenated alkanes) is 1. The average molecular weight is 449 g/mol. The Kier molecular flexibility index (Phi) is 12.0. The van der Waals surface area contributed by atoms with Crippen LogP contribution in [0.1, 0.15) is 44.8 Å². The lowest BCUT2D eigenvalue weighted by atomic mass is 10.3. The highest BCUT2D eigenvalue weighted by Gasteiger charge is 2.20. The lowest BCUT2D eigenvalue weighted by Gasteiger charge is -2.12. The van der Waals surface area contributed by atoms with E-state index in [1.807, 2.05) is 12.1 Å². The number of nitrogens with one attached hydrogen (secondary N) is 2. The molecule has 0 radical (unpaired) electrons. The molecule has 5 nitrogen and oxygen atoms in total. The van der Waals surface area contributed by atoms with Crippen LogP contribution in [0.15, 0.2) is 27.8 Å². The standard InChI is InChI=1S/C18H31N3O2.HI/c1-2-3-10-19-18(21-12-9-17-6-4-14-23-17)20-11-5-13-22-15-16-7-8-16;/h4,6,14,16H,2-3,5,7-13,15H2,1H3,(H2,19,20,21);1H. The maximum atomic E-state index is 5.65. The summed E-state index contributed by atoms with van der Waals surface area (Å²) in [5.74, 6) is 2.74. The van der Waals surface area contributed by atoms with Gasteiger partial charge in [0.25, 0.3) is 0 Å². The van der Waals surface area contributed by atoms with Crippen LogP contribution in [0.25, 0.3) is 0 Å². The van der Waals surface area contributed by atoms with E-state index in [9.17, 15) is 0 Å². The molecular weight excluding hydrogens is 417 g/mol. The first-order chi connectivity index (χ1) is 11.4. The first-order valence-electron chi connectivity index (χ1n) is 9.00. The summed E-state index contributed by atoms with van der Waals surface area (Å²) >= 11 is 0. The van der Waals surface area contributed by atoms with Gasteiger partial charge >= 0.3 is 0 Å². The van der Waals surface area contributed by atoms with Gasteiger partial charge in [0.15, 0.2) is 5.96 Å². The number of hydrogen-bond donors (Lipinski definition) is 2. The Hall–Kier alpha value is -0.760. The third kappa shape index (κ3) is 10.2. The second-order valence-electron chi connectivity index (χ2n) is 6.14. The molecule has 1 heterocycles. The zero-order valence-electron chi connectivity index (χ0n) is 14.8. The van der Waals surface area contributed by atoms with Crippen LogP contribution in [0.2, 0.25) is 0 Å². The third-order valence-electron chi connectivity index (χ3n) is 3.83. The quantitative estimate of drug-likeness (QED) is 0.222. The van der Waals surface area contributed by atoms with E-state index in [1.165, 1.54) is 19.3 Å². The van der Waals surface area contributed by atoms with Crippen molar-refractivity contribution in [3.63, 3.8) is 0 Å². The van der Waals surface area contributed by atoms with E-state index in [0.29, 0.717) is 0 Å². The van der Waals surface area contributed by atoms with Gasteiger partial charge in [-0.3, -0.25) is 4.99 Å². The summed E-state index contributed by atoms with van der Waals surface area (Å²) in [5, 5.41) is 6.76. The number of furan rings is 1. The molecule has 0 spiro atoms. The van der Waals surface area contributed by atoms with Crippen molar-refractivity contribution < 1.29 is 9.15 Å². The zero-order chi connectivity index (χ0) is 16.2. The molecule has 0 atom stereocenters. The second-order valence-corrected chi connectivity index (χ2v) is 6.14. The van der Waals surface area contributed by atoms with Crippen molar-refractivity contribution in [1.82, 2.24) is 10.6 Å². The van der Waals surface area contributed by atoms with Crippen molar-refractivity contribution in [2.45, 2.75) is 45.4 Å². The highest BCUT2D eigenvalue weighted by atomic mass is 127. The van der Waals surface area contributed by atoms with Gasteiger partial charge in [-0.25, -0.2) is 0 Å². The molecule has 0 unspecified atom stereocenters. The first kappa shape index (κ1) is 21.3. The Bertz CT molecular complexity index is 433. The summed E-state index contributed by atoms with van der Waals surface area (Å²) in [5.41, 5.74) is 0. The van der Waals surface area contributed by atoms with Crippen LogP contribution in [0, 0.1) is 5.92 Å². The maximum Gasteiger partial charge on any atom is 0.191 e. The minimum absolute atomic E-state index is 0. The fourth-order valence-electron chi connectivity index (χ4n) is 2.21. The molecule has 1 saturated carbocycles. The van der Waals surface area contributed by atoms with E-state index in [2.05, 4.69) is 22.5 Å². The number of aliphatic imine (C=N–C) groups is 1. The van der Waals surface area contributed by atoms with Gasteiger partial charge in [0.1, 0.15) is 5.76 Å². The van der Waals surface area contributed by atoms with Crippen molar-refractivity contribution in [2.24, 2.45) is 10.9 Å². The number of ether oxygens (including phenoxy) is 1. The van der Waals surface area contributed by atoms with E-state index < -0.39 is 0 Å². The summed E-state index contributed by atoms with van der Waals surface area (Å²) in [4.78, 5) is 4.63. The van der Waals surface area contributed by atoms with Gasteiger partial charge in [0, 0.05) is 39.3 Å². The van der Waals surface area contributed by atoms with Crippen LogP contribution in [0.3, 0.4) is 0 Å². The van der Waals surface area contributed by atoms with Crippen LogP contribution < -0.4 is 10.6 Å². The van der Waals surface area contributed by atoms with Crippen molar-refractivity contribution in [3.05, 3.63) is 24.2 Å². The van der Waals surface area contributed by atoms with Crippen LogP contribution in [0.5, 0.6) is 0 Å². The van der Waals surface area contributed by atoms with Gasteiger partial charge in [-0.2, -0.15) is 0 Å². The van der Waals surface area contributed by atoms with Gasteiger partial charge in [0.05, 0.1) is 6.26 Å². The molecule has 24 heavy (non-hydrogen) atoms. The lowest BCUT2D eigenvalue weighted by Crippen LogP contribution is -2.39. The first-order valence-corrected chi connectivity index (χ1v) is 9.00. The molecule has 1 aromatic heterocycles. The molecule has 0 aromatic carbocycles. The molecule has 0 saturated heterocycles. The highest BCUT2D eigenvalue weighted by Crippen LogP contribution is 2.28. The highest BCUT2D eigenvalue weighted by molar-refractivity contribution is 14.0. The van der Waals surface area contributed by atoms with E-state index in [1.54, 1.807) is 6.26 Å². The summed E-state index contributed by atoms with van der Waals surface area (Å²) in [6.07, 6.45) is 8.60. The van der Waals surface area contributed by atoms with Gasteiger partial charge in [-0.15, -0.1) is 24.0 Å². The van der Waals surface area contributed by atoms with E-state index in [-0.39, 0.29) is 24.0 Å².